The number of aromatic nitrogens is 1. The van der Waals surface area contributed by atoms with Crippen molar-refractivity contribution in [2.75, 3.05) is 0 Å². The van der Waals surface area contributed by atoms with Gasteiger partial charge in [-0.25, -0.2) is 4.79 Å². The molecular formula is C18H10ClF3N2O7. The number of nitro benzene ring substituents is 1. The van der Waals surface area contributed by atoms with Crippen molar-refractivity contribution in [3.8, 4) is 23.2 Å². The Morgan fingerprint density at radius 2 is 1.90 bits per heavy atom. The van der Waals surface area contributed by atoms with Gasteiger partial charge in [0, 0.05) is 12.1 Å². The Morgan fingerprint density at radius 1 is 1.19 bits per heavy atom. The van der Waals surface area contributed by atoms with Crippen molar-refractivity contribution in [2.45, 2.75) is 13.1 Å². The first-order valence-corrected chi connectivity index (χ1v) is 8.55. The molecule has 3 rings (SSSR count). The monoisotopic (exact) mass is 458 g/mol. The molecule has 2 aromatic carbocycles. The van der Waals surface area contributed by atoms with Crippen LogP contribution in [0.4, 0.5) is 18.9 Å². The number of carboxylic acid groups (broad SMARTS) is 1. The molecule has 0 fully saturated rings. The number of carboxylic acids is 1. The minimum Gasteiger partial charge on any atom is -0.477 e. The van der Waals surface area contributed by atoms with Crippen molar-refractivity contribution in [3.63, 3.8) is 0 Å². The van der Waals surface area contributed by atoms with E-state index in [4.69, 9.17) is 25.6 Å². The number of hydrogen-bond acceptors (Lipinski definition) is 7. The summed E-state index contributed by atoms with van der Waals surface area (Å²) in [7, 11) is 0. The second kappa shape index (κ2) is 8.14. The van der Waals surface area contributed by atoms with Crippen LogP contribution >= 0.6 is 11.6 Å². The Hall–Kier alpha value is -3.80. The fourth-order valence-corrected chi connectivity index (χ4v) is 2.66. The van der Waals surface area contributed by atoms with Gasteiger partial charge in [-0.1, -0.05) is 16.8 Å². The van der Waals surface area contributed by atoms with E-state index in [1.165, 1.54) is 6.92 Å². The third-order valence-electron chi connectivity index (χ3n) is 3.86. The fraction of sp³-hybridized carbons (Fsp3) is 0.111. The summed E-state index contributed by atoms with van der Waals surface area (Å²) < 4.78 is 53.7. The van der Waals surface area contributed by atoms with Crippen molar-refractivity contribution in [1.82, 2.24) is 5.16 Å². The third-order valence-corrected chi connectivity index (χ3v) is 4.16. The fourth-order valence-electron chi connectivity index (χ4n) is 2.44. The normalized spacial score (nSPS) is 11.3. The van der Waals surface area contributed by atoms with E-state index >= 15 is 0 Å². The van der Waals surface area contributed by atoms with Gasteiger partial charge in [-0.2, -0.15) is 13.2 Å². The lowest BCUT2D eigenvalue weighted by Gasteiger charge is -2.12. The molecule has 0 bridgehead atoms. The largest absolute Gasteiger partial charge is 0.477 e. The first-order valence-electron chi connectivity index (χ1n) is 8.18. The molecule has 3 aromatic rings. The van der Waals surface area contributed by atoms with Crippen molar-refractivity contribution in [2.24, 2.45) is 0 Å². The Labute approximate surface area is 175 Å². The molecule has 1 N–H and O–H groups in total. The maximum Gasteiger partial charge on any atom is 0.416 e. The summed E-state index contributed by atoms with van der Waals surface area (Å²) in [6, 6.07) is 5.57. The van der Waals surface area contributed by atoms with Gasteiger partial charge in [-0.3, -0.25) is 10.1 Å². The molecule has 0 aliphatic heterocycles. The van der Waals surface area contributed by atoms with Crippen LogP contribution in [0.1, 0.15) is 21.6 Å². The average molecular weight is 459 g/mol. The van der Waals surface area contributed by atoms with Crippen LogP contribution in [0.15, 0.2) is 40.9 Å². The van der Waals surface area contributed by atoms with Gasteiger partial charge in [0.15, 0.2) is 5.56 Å². The van der Waals surface area contributed by atoms with Crippen molar-refractivity contribution >= 4 is 23.3 Å². The molecule has 0 radical (unpaired) electrons. The summed E-state index contributed by atoms with van der Waals surface area (Å²) in [5.74, 6) is -2.73. The number of carbonyl (C=O) groups is 1. The molecule has 1 heterocycles. The second-order valence-corrected chi connectivity index (χ2v) is 6.38. The molecule has 0 spiro atoms. The molecule has 0 saturated heterocycles. The van der Waals surface area contributed by atoms with Crippen LogP contribution in [0.2, 0.25) is 5.02 Å². The Kier molecular flexibility index (Phi) is 5.75. The second-order valence-electron chi connectivity index (χ2n) is 5.97. The van der Waals surface area contributed by atoms with Crippen LogP contribution in [-0.2, 0) is 6.18 Å². The lowest BCUT2D eigenvalue weighted by molar-refractivity contribution is -0.385. The van der Waals surface area contributed by atoms with Gasteiger partial charge in [-0.15, -0.1) is 0 Å². The smallest absolute Gasteiger partial charge is 0.416 e. The summed E-state index contributed by atoms with van der Waals surface area (Å²) in [5.41, 5.74) is -2.00. The van der Waals surface area contributed by atoms with Gasteiger partial charge in [-0.05, 0) is 31.2 Å². The van der Waals surface area contributed by atoms with Crippen molar-refractivity contribution < 1.29 is 42.0 Å². The number of nitro groups is 1. The summed E-state index contributed by atoms with van der Waals surface area (Å²) in [6.45, 7) is 1.33. The zero-order chi connectivity index (χ0) is 22.9. The Bertz CT molecular complexity index is 1180. The van der Waals surface area contributed by atoms with Crippen LogP contribution in [0.5, 0.6) is 23.2 Å². The number of aryl methyl sites for hydroxylation is 1. The third kappa shape index (κ3) is 4.69. The average Bonchev–Trinajstić information content (AvgIpc) is 3.03. The molecule has 0 aliphatic carbocycles. The standard InChI is InChI=1S/C18H10ClF3N2O7/c1-8-15(16(25)26)17(31-23-8)30-14-7-10(3-4-12(14)24(27)28)29-13-5-2-9(6-11(13)19)18(20,21)22/h2-7H,1H3,(H,25,26). The molecule has 9 nitrogen and oxygen atoms in total. The molecule has 0 atom stereocenters. The van der Waals surface area contributed by atoms with Gasteiger partial charge >= 0.3 is 23.8 Å². The minimum absolute atomic E-state index is 0.0194. The van der Waals surface area contributed by atoms with Crippen LogP contribution in [-0.4, -0.2) is 21.2 Å². The highest BCUT2D eigenvalue weighted by atomic mass is 35.5. The number of ether oxygens (including phenoxy) is 2. The number of nitrogens with zero attached hydrogens (tertiary/aromatic N) is 2. The van der Waals surface area contributed by atoms with Gasteiger partial charge in [0.2, 0.25) is 5.75 Å². The summed E-state index contributed by atoms with van der Waals surface area (Å²) >= 11 is 5.84. The number of aromatic carboxylic acids is 1. The highest BCUT2D eigenvalue weighted by Gasteiger charge is 2.31. The SMILES string of the molecule is Cc1noc(Oc2cc(Oc3ccc(C(F)(F)F)cc3Cl)ccc2[N+](=O)[O-])c1C(=O)O. The van der Waals surface area contributed by atoms with E-state index in [2.05, 4.69) is 5.16 Å². The van der Waals surface area contributed by atoms with E-state index in [0.717, 1.165) is 30.3 Å². The maximum absolute atomic E-state index is 12.8. The first-order chi connectivity index (χ1) is 14.5. The van der Waals surface area contributed by atoms with E-state index in [9.17, 15) is 33.2 Å². The Morgan fingerprint density at radius 3 is 2.48 bits per heavy atom. The summed E-state index contributed by atoms with van der Waals surface area (Å²) in [6.07, 6.45) is -4.60. The quantitative estimate of drug-likeness (QED) is 0.360. The van der Waals surface area contributed by atoms with Crippen LogP contribution < -0.4 is 9.47 Å². The summed E-state index contributed by atoms with van der Waals surface area (Å²) in [5, 5.41) is 23.6. The molecule has 31 heavy (non-hydrogen) atoms. The number of rotatable bonds is 6. The zero-order valence-corrected chi connectivity index (χ0v) is 16.0. The number of benzene rings is 2. The lowest BCUT2D eigenvalue weighted by Crippen LogP contribution is -2.04. The molecule has 162 valence electrons. The van der Waals surface area contributed by atoms with E-state index in [1.54, 1.807) is 0 Å². The van der Waals surface area contributed by atoms with E-state index < -0.39 is 45.6 Å². The first kappa shape index (κ1) is 21.9. The molecule has 13 heteroatoms. The molecule has 0 unspecified atom stereocenters. The molecule has 0 amide bonds. The lowest BCUT2D eigenvalue weighted by atomic mass is 10.2. The molecular weight excluding hydrogens is 449 g/mol. The van der Waals surface area contributed by atoms with E-state index in [1.807, 2.05) is 0 Å². The van der Waals surface area contributed by atoms with Gasteiger partial charge in [0.1, 0.15) is 11.5 Å². The zero-order valence-electron chi connectivity index (χ0n) is 15.3. The number of halogens is 4. The van der Waals surface area contributed by atoms with Crippen LogP contribution in [0, 0.1) is 17.0 Å². The summed E-state index contributed by atoms with van der Waals surface area (Å²) in [4.78, 5) is 21.8. The topological polar surface area (TPSA) is 125 Å². The van der Waals surface area contributed by atoms with E-state index in [0.29, 0.717) is 6.07 Å². The highest BCUT2D eigenvalue weighted by molar-refractivity contribution is 6.32. The number of hydrogen-bond donors (Lipinski definition) is 1. The van der Waals surface area contributed by atoms with Gasteiger partial charge in [0.05, 0.1) is 21.2 Å². The molecule has 0 saturated carbocycles. The molecule has 1 aromatic heterocycles. The van der Waals surface area contributed by atoms with Gasteiger partial charge in [0.25, 0.3) is 0 Å². The van der Waals surface area contributed by atoms with Crippen LogP contribution in [0.3, 0.4) is 0 Å². The molecule has 0 aliphatic rings. The van der Waals surface area contributed by atoms with Crippen LogP contribution in [0.25, 0.3) is 0 Å². The Balaban J connectivity index is 1.96. The maximum atomic E-state index is 12.8. The highest BCUT2D eigenvalue weighted by Crippen LogP contribution is 2.40. The van der Waals surface area contributed by atoms with E-state index in [-0.39, 0.29) is 22.2 Å². The predicted molar refractivity (Wildman–Crippen MR) is 97.9 cm³/mol. The predicted octanol–water partition coefficient (Wildman–Crippen LogP) is 5.85. The number of alkyl halides is 3. The van der Waals surface area contributed by atoms with Gasteiger partial charge < -0.3 is 19.1 Å². The van der Waals surface area contributed by atoms with Crippen molar-refractivity contribution in [3.05, 3.63) is 68.4 Å². The minimum atomic E-state index is -4.60. The van der Waals surface area contributed by atoms with Crippen molar-refractivity contribution in [1.29, 1.82) is 0 Å².